The Labute approximate surface area is 113 Å². The van der Waals surface area contributed by atoms with Crippen molar-refractivity contribution in [2.24, 2.45) is 5.92 Å². The van der Waals surface area contributed by atoms with Crippen molar-refractivity contribution in [3.05, 3.63) is 23.8 Å². The molecule has 0 aliphatic rings. The average Bonchev–Trinajstić information content (AvgIpc) is 2.39. The Morgan fingerprint density at radius 1 is 1.32 bits per heavy atom. The van der Waals surface area contributed by atoms with Gasteiger partial charge in [-0.3, -0.25) is 0 Å². The van der Waals surface area contributed by atoms with Crippen LogP contribution in [0.5, 0.6) is 5.75 Å². The summed E-state index contributed by atoms with van der Waals surface area (Å²) < 4.78 is 15.5. The van der Waals surface area contributed by atoms with Crippen molar-refractivity contribution in [3.63, 3.8) is 0 Å². The van der Waals surface area contributed by atoms with Crippen LogP contribution in [0.4, 0.5) is 5.69 Å². The molecule has 0 atom stereocenters. The third-order valence-electron chi connectivity index (χ3n) is 2.41. The molecule has 5 nitrogen and oxygen atoms in total. The maximum Gasteiger partial charge on any atom is 0.340 e. The largest absolute Gasteiger partial charge is 0.489 e. The van der Waals surface area contributed by atoms with Crippen molar-refractivity contribution in [1.82, 2.24) is 0 Å². The molecule has 0 saturated carbocycles. The Hall–Kier alpha value is -1.75. The minimum absolute atomic E-state index is 0.290. The molecule has 0 saturated heterocycles. The fraction of sp³-hybridized carbons (Fsp3) is 0.500. The lowest BCUT2D eigenvalue weighted by Gasteiger charge is -2.12. The minimum Gasteiger partial charge on any atom is -0.489 e. The molecule has 5 heteroatoms. The van der Waals surface area contributed by atoms with E-state index < -0.39 is 5.97 Å². The number of anilines is 1. The third kappa shape index (κ3) is 4.79. The van der Waals surface area contributed by atoms with Crippen LogP contribution in [0.2, 0.25) is 0 Å². The maximum absolute atomic E-state index is 11.5. The van der Waals surface area contributed by atoms with E-state index in [-0.39, 0.29) is 0 Å². The summed E-state index contributed by atoms with van der Waals surface area (Å²) in [7, 11) is 1.31. The van der Waals surface area contributed by atoms with Crippen LogP contribution in [0.15, 0.2) is 18.2 Å². The molecule has 0 aliphatic heterocycles. The highest BCUT2D eigenvalue weighted by Gasteiger charge is 2.13. The number of methoxy groups -OCH3 is 1. The molecule has 2 N–H and O–H groups in total. The number of nitrogen functional groups attached to an aromatic ring is 1. The molecule has 0 amide bonds. The number of carbonyl (C=O) groups excluding carboxylic acids is 1. The summed E-state index contributed by atoms with van der Waals surface area (Å²) in [6, 6.07) is 5.01. The number of hydrogen-bond donors (Lipinski definition) is 1. The first-order valence-corrected chi connectivity index (χ1v) is 6.23. The average molecular weight is 267 g/mol. The molecule has 1 rings (SSSR count). The number of para-hydroxylation sites is 1. The molecular weight excluding hydrogens is 246 g/mol. The van der Waals surface area contributed by atoms with Gasteiger partial charge in [-0.05, 0) is 18.1 Å². The van der Waals surface area contributed by atoms with Crippen LogP contribution in [0.25, 0.3) is 0 Å². The number of benzene rings is 1. The molecule has 0 spiro atoms. The topological polar surface area (TPSA) is 70.8 Å². The van der Waals surface area contributed by atoms with Gasteiger partial charge in [-0.15, -0.1) is 0 Å². The van der Waals surface area contributed by atoms with Crippen LogP contribution in [0.3, 0.4) is 0 Å². The highest BCUT2D eigenvalue weighted by molar-refractivity contribution is 5.96. The predicted octanol–water partition coefficient (Wildman–Crippen LogP) is 2.11. The van der Waals surface area contributed by atoms with E-state index >= 15 is 0 Å². The third-order valence-corrected chi connectivity index (χ3v) is 2.41. The van der Waals surface area contributed by atoms with Crippen LogP contribution in [-0.4, -0.2) is 32.9 Å². The van der Waals surface area contributed by atoms with Gasteiger partial charge in [0, 0.05) is 6.61 Å². The first-order valence-electron chi connectivity index (χ1n) is 6.23. The first-order chi connectivity index (χ1) is 9.06. The van der Waals surface area contributed by atoms with E-state index in [0.29, 0.717) is 42.7 Å². The van der Waals surface area contributed by atoms with Gasteiger partial charge in [0.2, 0.25) is 0 Å². The summed E-state index contributed by atoms with van der Waals surface area (Å²) in [4.78, 5) is 11.5. The monoisotopic (exact) mass is 267 g/mol. The van der Waals surface area contributed by atoms with E-state index in [0.717, 1.165) is 0 Å². The molecule has 19 heavy (non-hydrogen) atoms. The number of nitrogens with two attached hydrogens (primary N) is 1. The second kappa shape index (κ2) is 7.63. The van der Waals surface area contributed by atoms with E-state index in [9.17, 15) is 4.79 Å². The fourth-order valence-electron chi connectivity index (χ4n) is 1.49. The van der Waals surface area contributed by atoms with E-state index in [1.807, 2.05) is 0 Å². The Morgan fingerprint density at radius 3 is 2.68 bits per heavy atom. The molecule has 0 unspecified atom stereocenters. The quantitative estimate of drug-likeness (QED) is 0.465. The molecule has 0 aromatic heterocycles. The van der Waals surface area contributed by atoms with E-state index in [2.05, 4.69) is 18.6 Å². The first kappa shape index (κ1) is 15.3. The van der Waals surface area contributed by atoms with Gasteiger partial charge in [0.25, 0.3) is 0 Å². The van der Waals surface area contributed by atoms with E-state index in [4.69, 9.17) is 15.2 Å². The molecule has 0 fully saturated rings. The molecule has 0 aliphatic carbocycles. The van der Waals surface area contributed by atoms with Crippen molar-refractivity contribution in [2.45, 2.75) is 13.8 Å². The summed E-state index contributed by atoms with van der Waals surface area (Å²) >= 11 is 0. The van der Waals surface area contributed by atoms with Crippen LogP contribution in [-0.2, 0) is 9.47 Å². The number of ether oxygens (including phenoxy) is 3. The molecular formula is C14H21NO4. The Morgan fingerprint density at radius 2 is 2.05 bits per heavy atom. The van der Waals surface area contributed by atoms with Crippen molar-refractivity contribution in [3.8, 4) is 5.75 Å². The van der Waals surface area contributed by atoms with E-state index in [1.54, 1.807) is 18.2 Å². The lowest BCUT2D eigenvalue weighted by atomic mass is 10.1. The molecule has 1 aromatic carbocycles. The van der Waals surface area contributed by atoms with Crippen LogP contribution in [0.1, 0.15) is 24.2 Å². The lowest BCUT2D eigenvalue weighted by molar-refractivity contribution is 0.0601. The van der Waals surface area contributed by atoms with Gasteiger partial charge < -0.3 is 19.9 Å². The van der Waals surface area contributed by atoms with Gasteiger partial charge in [0.1, 0.15) is 12.4 Å². The normalized spacial score (nSPS) is 10.5. The van der Waals surface area contributed by atoms with Crippen molar-refractivity contribution in [2.75, 3.05) is 32.7 Å². The standard InChI is InChI=1S/C14H21NO4/c1-10(2)9-18-7-8-19-12-6-4-5-11(13(12)15)14(16)17-3/h4-6,10H,7-9,15H2,1-3H3. The molecule has 0 heterocycles. The van der Waals surface area contributed by atoms with Crippen LogP contribution in [0, 0.1) is 5.92 Å². The van der Waals surface area contributed by atoms with Gasteiger partial charge >= 0.3 is 5.97 Å². The number of carbonyl (C=O) groups is 1. The smallest absolute Gasteiger partial charge is 0.340 e. The second-order valence-corrected chi connectivity index (χ2v) is 4.53. The van der Waals surface area contributed by atoms with Crippen molar-refractivity contribution >= 4 is 11.7 Å². The summed E-state index contributed by atoms with van der Waals surface area (Å²) in [5.74, 6) is 0.489. The minimum atomic E-state index is -0.473. The van der Waals surface area contributed by atoms with Gasteiger partial charge in [-0.2, -0.15) is 0 Å². The second-order valence-electron chi connectivity index (χ2n) is 4.53. The number of esters is 1. The zero-order chi connectivity index (χ0) is 14.3. The van der Waals surface area contributed by atoms with Crippen LogP contribution >= 0.6 is 0 Å². The molecule has 0 bridgehead atoms. The molecule has 106 valence electrons. The Kier molecular flexibility index (Phi) is 6.15. The Balaban J connectivity index is 2.52. The highest BCUT2D eigenvalue weighted by Crippen LogP contribution is 2.25. The fourth-order valence-corrected chi connectivity index (χ4v) is 1.49. The maximum atomic E-state index is 11.5. The number of rotatable bonds is 7. The molecule has 0 radical (unpaired) electrons. The molecule has 1 aromatic rings. The van der Waals surface area contributed by atoms with Gasteiger partial charge in [0.05, 0.1) is 25.0 Å². The summed E-state index contributed by atoms with van der Waals surface area (Å²) in [6.07, 6.45) is 0. The predicted molar refractivity (Wildman–Crippen MR) is 73.3 cm³/mol. The summed E-state index contributed by atoms with van der Waals surface area (Å²) in [5.41, 5.74) is 6.45. The van der Waals surface area contributed by atoms with Crippen molar-refractivity contribution < 1.29 is 19.0 Å². The van der Waals surface area contributed by atoms with Crippen LogP contribution < -0.4 is 10.5 Å². The summed E-state index contributed by atoms with van der Waals surface area (Å²) in [5, 5.41) is 0. The van der Waals surface area contributed by atoms with Gasteiger partial charge in [0.15, 0.2) is 0 Å². The zero-order valence-electron chi connectivity index (χ0n) is 11.6. The lowest BCUT2D eigenvalue weighted by Crippen LogP contribution is -2.12. The Bertz CT molecular complexity index is 418. The van der Waals surface area contributed by atoms with Crippen molar-refractivity contribution in [1.29, 1.82) is 0 Å². The van der Waals surface area contributed by atoms with E-state index in [1.165, 1.54) is 7.11 Å². The summed E-state index contributed by atoms with van der Waals surface area (Å²) in [6.45, 7) is 5.74. The SMILES string of the molecule is COC(=O)c1cccc(OCCOCC(C)C)c1N. The van der Waals surface area contributed by atoms with Gasteiger partial charge in [-0.25, -0.2) is 4.79 Å². The zero-order valence-corrected chi connectivity index (χ0v) is 11.6. The highest BCUT2D eigenvalue weighted by atomic mass is 16.5. The number of hydrogen-bond acceptors (Lipinski definition) is 5. The van der Waals surface area contributed by atoms with Gasteiger partial charge in [-0.1, -0.05) is 19.9 Å².